The first kappa shape index (κ1) is 14.0. The maximum Gasteiger partial charge on any atom is 0.334 e. The largest absolute Gasteiger partial charge is 0.479 e. The number of morpholine rings is 1. The van der Waals surface area contributed by atoms with Crippen molar-refractivity contribution < 1.29 is 19.4 Å². The fourth-order valence-electron chi connectivity index (χ4n) is 2.03. The Bertz CT molecular complexity index is 497. The second-order valence-corrected chi connectivity index (χ2v) is 5.38. The lowest BCUT2D eigenvalue weighted by Gasteiger charge is -2.31. The molecule has 5 nitrogen and oxygen atoms in total. The Balaban J connectivity index is 2.16. The van der Waals surface area contributed by atoms with E-state index in [9.17, 15) is 9.59 Å². The van der Waals surface area contributed by atoms with Crippen LogP contribution in [0.2, 0.25) is 0 Å². The van der Waals surface area contributed by atoms with E-state index in [2.05, 4.69) is 15.9 Å². The molecule has 1 N–H and O–H groups in total. The summed E-state index contributed by atoms with van der Waals surface area (Å²) in [5, 5.41) is 8.93. The molecule has 1 aliphatic heterocycles. The Kier molecular flexibility index (Phi) is 4.21. The molecule has 1 fully saturated rings. The lowest BCUT2D eigenvalue weighted by molar-refractivity contribution is -0.154. The molecule has 1 heterocycles. The number of carbonyl (C=O) groups is 2. The van der Waals surface area contributed by atoms with Crippen LogP contribution >= 0.6 is 15.9 Å². The van der Waals surface area contributed by atoms with Crippen molar-refractivity contribution >= 4 is 27.8 Å². The molecule has 0 aromatic heterocycles. The van der Waals surface area contributed by atoms with E-state index in [1.54, 1.807) is 12.1 Å². The van der Waals surface area contributed by atoms with Crippen molar-refractivity contribution in [3.05, 3.63) is 33.8 Å². The van der Waals surface area contributed by atoms with Gasteiger partial charge in [-0.25, -0.2) is 4.79 Å². The van der Waals surface area contributed by atoms with Crippen molar-refractivity contribution in [2.45, 2.75) is 13.0 Å². The molecule has 0 bridgehead atoms. The van der Waals surface area contributed by atoms with Crippen LogP contribution in [0.3, 0.4) is 0 Å². The Morgan fingerprint density at radius 3 is 2.79 bits per heavy atom. The van der Waals surface area contributed by atoms with E-state index in [1.165, 1.54) is 4.90 Å². The molecular formula is C13H14BrNO4. The molecule has 0 saturated carbocycles. The molecule has 102 valence electrons. The SMILES string of the molecule is Cc1cc(Br)cc(C(=O)N2CCOC(C(=O)O)C2)c1. The normalized spacial score (nSPS) is 19.3. The van der Waals surface area contributed by atoms with Crippen LogP contribution in [0.15, 0.2) is 22.7 Å². The van der Waals surface area contributed by atoms with Crippen molar-refractivity contribution in [3.63, 3.8) is 0 Å². The van der Waals surface area contributed by atoms with Crippen LogP contribution < -0.4 is 0 Å². The highest BCUT2D eigenvalue weighted by Gasteiger charge is 2.29. The van der Waals surface area contributed by atoms with E-state index < -0.39 is 12.1 Å². The third kappa shape index (κ3) is 3.33. The quantitative estimate of drug-likeness (QED) is 0.897. The molecule has 6 heteroatoms. The van der Waals surface area contributed by atoms with Gasteiger partial charge in [-0.05, 0) is 30.7 Å². The fourth-order valence-corrected chi connectivity index (χ4v) is 2.63. The number of aryl methyl sites for hydroxylation is 1. The first-order chi connectivity index (χ1) is 8.97. The van der Waals surface area contributed by atoms with Gasteiger partial charge in [-0.15, -0.1) is 0 Å². The van der Waals surface area contributed by atoms with Crippen molar-refractivity contribution in [1.29, 1.82) is 0 Å². The third-order valence-corrected chi connectivity index (χ3v) is 3.38. The van der Waals surface area contributed by atoms with Gasteiger partial charge in [0, 0.05) is 16.6 Å². The summed E-state index contributed by atoms with van der Waals surface area (Å²) in [5.41, 5.74) is 1.53. The van der Waals surface area contributed by atoms with Gasteiger partial charge in [0.2, 0.25) is 0 Å². The number of hydrogen-bond acceptors (Lipinski definition) is 3. The average Bonchev–Trinajstić information content (AvgIpc) is 2.37. The maximum atomic E-state index is 12.3. The molecule has 0 aliphatic carbocycles. The van der Waals surface area contributed by atoms with E-state index in [1.807, 2.05) is 13.0 Å². The highest BCUT2D eigenvalue weighted by atomic mass is 79.9. The molecule has 1 aliphatic rings. The lowest BCUT2D eigenvalue weighted by atomic mass is 10.1. The molecule has 19 heavy (non-hydrogen) atoms. The summed E-state index contributed by atoms with van der Waals surface area (Å²) in [7, 11) is 0. The molecule has 1 unspecified atom stereocenters. The number of hydrogen-bond donors (Lipinski definition) is 1. The number of halogens is 1. The van der Waals surface area contributed by atoms with Gasteiger partial charge < -0.3 is 14.7 Å². The molecular weight excluding hydrogens is 314 g/mol. The first-order valence-corrected chi connectivity index (χ1v) is 6.67. The summed E-state index contributed by atoms with van der Waals surface area (Å²) in [6.45, 7) is 2.64. The number of carbonyl (C=O) groups excluding carboxylic acids is 1. The Hall–Kier alpha value is -1.40. The zero-order valence-electron chi connectivity index (χ0n) is 10.4. The highest BCUT2D eigenvalue weighted by molar-refractivity contribution is 9.10. The number of ether oxygens (including phenoxy) is 1. The first-order valence-electron chi connectivity index (χ1n) is 5.88. The molecule has 1 atom stereocenters. The van der Waals surface area contributed by atoms with Crippen LogP contribution in [0.4, 0.5) is 0 Å². The number of rotatable bonds is 2. The van der Waals surface area contributed by atoms with E-state index in [-0.39, 0.29) is 19.1 Å². The molecule has 0 spiro atoms. The van der Waals surface area contributed by atoms with E-state index >= 15 is 0 Å². The minimum Gasteiger partial charge on any atom is -0.479 e. The predicted molar refractivity (Wildman–Crippen MR) is 72.2 cm³/mol. The summed E-state index contributed by atoms with van der Waals surface area (Å²) in [4.78, 5) is 24.7. The van der Waals surface area contributed by atoms with Crippen molar-refractivity contribution in [2.24, 2.45) is 0 Å². The van der Waals surface area contributed by atoms with Gasteiger partial charge in [-0.3, -0.25) is 4.79 Å². The summed E-state index contributed by atoms with van der Waals surface area (Å²) in [6, 6.07) is 5.44. The monoisotopic (exact) mass is 327 g/mol. The minimum absolute atomic E-state index is 0.0831. The van der Waals surface area contributed by atoms with Crippen LogP contribution in [-0.4, -0.2) is 47.7 Å². The van der Waals surface area contributed by atoms with Gasteiger partial charge in [0.1, 0.15) is 0 Å². The molecule has 2 rings (SSSR count). The number of aliphatic carboxylic acids is 1. The van der Waals surface area contributed by atoms with Crippen LogP contribution in [0.5, 0.6) is 0 Å². The third-order valence-electron chi connectivity index (χ3n) is 2.92. The minimum atomic E-state index is -1.04. The smallest absolute Gasteiger partial charge is 0.334 e. The van der Waals surface area contributed by atoms with Crippen LogP contribution in [-0.2, 0) is 9.53 Å². The number of amides is 1. The Labute approximate surface area is 119 Å². The Morgan fingerprint density at radius 2 is 2.16 bits per heavy atom. The highest BCUT2D eigenvalue weighted by Crippen LogP contribution is 2.18. The number of carboxylic acids is 1. The zero-order valence-corrected chi connectivity index (χ0v) is 12.0. The van der Waals surface area contributed by atoms with Gasteiger partial charge >= 0.3 is 5.97 Å². The molecule has 1 aromatic carbocycles. The second kappa shape index (κ2) is 5.71. The van der Waals surface area contributed by atoms with Crippen LogP contribution in [0, 0.1) is 6.92 Å². The Morgan fingerprint density at radius 1 is 1.42 bits per heavy atom. The van der Waals surface area contributed by atoms with Gasteiger partial charge in [-0.1, -0.05) is 15.9 Å². The van der Waals surface area contributed by atoms with Crippen molar-refractivity contribution in [3.8, 4) is 0 Å². The maximum absolute atomic E-state index is 12.3. The summed E-state index contributed by atoms with van der Waals surface area (Å²) < 4.78 is 5.93. The van der Waals surface area contributed by atoms with Gasteiger partial charge in [0.15, 0.2) is 6.10 Å². The summed E-state index contributed by atoms with van der Waals surface area (Å²) in [6.07, 6.45) is -0.939. The van der Waals surface area contributed by atoms with Crippen LogP contribution in [0.1, 0.15) is 15.9 Å². The number of carboxylic acid groups (broad SMARTS) is 1. The molecule has 1 aromatic rings. The standard InChI is InChI=1S/C13H14BrNO4/c1-8-4-9(6-10(14)5-8)12(16)15-2-3-19-11(7-15)13(17)18/h4-6,11H,2-3,7H2,1H3,(H,17,18). The predicted octanol–water partition coefficient (Wildman–Crippen LogP) is 1.68. The number of nitrogens with zero attached hydrogens (tertiary/aromatic N) is 1. The number of benzene rings is 1. The van der Waals surface area contributed by atoms with E-state index in [0.717, 1.165) is 10.0 Å². The van der Waals surface area contributed by atoms with E-state index in [4.69, 9.17) is 9.84 Å². The summed E-state index contributed by atoms with van der Waals surface area (Å²) in [5.74, 6) is -1.21. The topological polar surface area (TPSA) is 66.8 Å². The van der Waals surface area contributed by atoms with Crippen molar-refractivity contribution in [2.75, 3.05) is 19.7 Å². The lowest BCUT2D eigenvalue weighted by Crippen LogP contribution is -2.48. The van der Waals surface area contributed by atoms with Gasteiger partial charge in [0.05, 0.1) is 13.2 Å². The van der Waals surface area contributed by atoms with Crippen LogP contribution in [0.25, 0.3) is 0 Å². The molecule has 1 saturated heterocycles. The fraction of sp³-hybridized carbons (Fsp3) is 0.385. The van der Waals surface area contributed by atoms with E-state index in [0.29, 0.717) is 12.1 Å². The molecule has 0 radical (unpaired) electrons. The van der Waals surface area contributed by atoms with Crippen molar-refractivity contribution in [1.82, 2.24) is 4.90 Å². The summed E-state index contributed by atoms with van der Waals surface area (Å²) >= 11 is 3.35. The molecule has 1 amide bonds. The average molecular weight is 328 g/mol. The van der Waals surface area contributed by atoms with Gasteiger partial charge in [-0.2, -0.15) is 0 Å². The zero-order chi connectivity index (χ0) is 14.0. The second-order valence-electron chi connectivity index (χ2n) is 4.47. The van der Waals surface area contributed by atoms with Gasteiger partial charge in [0.25, 0.3) is 5.91 Å².